The molecule has 0 bridgehead atoms. The van der Waals surface area contributed by atoms with Crippen LogP contribution in [0.3, 0.4) is 0 Å². The van der Waals surface area contributed by atoms with Crippen molar-refractivity contribution in [1.29, 1.82) is 0 Å². The van der Waals surface area contributed by atoms with Crippen molar-refractivity contribution in [3.05, 3.63) is 164 Å². The van der Waals surface area contributed by atoms with Crippen LogP contribution in [0.1, 0.15) is 0 Å². The van der Waals surface area contributed by atoms with Crippen LogP contribution in [0.15, 0.2) is 168 Å². The number of furan rings is 1. The van der Waals surface area contributed by atoms with E-state index in [-0.39, 0.29) is 0 Å². The molecular formula is C42H27NO. The van der Waals surface area contributed by atoms with Crippen molar-refractivity contribution in [3.63, 3.8) is 0 Å². The van der Waals surface area contributed by atoms with Crippen molar-refractivity contribution in [2.75, 3.05) is 4.90 Å². The van der Waals surface area contributed by atoms with Gasteiger partial charge in [-0.25, -0.2) is 0 Å². The minimum atomic E-state index is 0.879. The van der Waals surface area contributed by atoms with Crippen molar-refractivity contribution >= 4 is 71.3 Å². The molecule has 1 aromatic heterocycles. The highest BCUT2D eigenvalue weighted by molar-refractivity contribution is 6.18. The molecule has 0 aliphatic carbocycles. The van der Waals surface area contributed by atoms with Crippen LogP contribution in [0.4, 0.5) is 17.1 Å². The lowest BCUT2D eigenvalue weighted by atomic mass is 9.96. The lowest BCUT2D eigenvalue weighted by Crippen LogP contribution is -2.11. The molecule has 9 aromatic rings. The highest BCUT2D eigenvalue weighted by atomic mass is 16.3. The van der Waals surface area contributed by atoms with E-state index in [0.29, 0.717) is 0 Å². The Hall–Kier alpha value is -5.86. The van der Waals surface area contributed by atoms with Crippen LogP contribution in [0.5, 0.6) is 0 Å². The molecule has 8 aromatic carbocycles. The second-order valence-electron chi connectivity index (χ2n) is 11.3. The second-order valence-corrected chi connectivity index (χ2v) is 11.3. The molecule has 0 N–H and O–H groups in total. The molecule has 0 unspecified atom stereocenters. The molecule has 0 saturated heterocycles. The maximum Gasteiger partial charge on any atom is 0.137 e. The number of para-hydroxylation sites is 1. The smallest absolute Gasteiger partial charge is 0.137 e. The van der Waals surface area contributed by atoms with Crippen LogP contribution >= 0.6 is 0 Å². The zero-order valence-corrected chi connectivity index (χ0v) is 23.9. The van der Waals surface area contributed by atoms with Gasteiger partial charge in [-0.1, -0.05) is 127 Å². The van der Waals surface area contributed by atoms with E-state index in [4.69, 9.17) is 4.42 Å². The molecule has 206 valence electrons. The van der Waals surface area contributed by atoms with Gasteiger partial charge >= 0.3 is 0 Å². The Kier molecular flexibility index (Phi) is 5.54. The SMILES string of the molecule is c1cc(-c2cccc3ccccc23)cc(N(c2cc3ccccc3c3ccccc23)c2cccc3oc4ccccc4c23)c1. The standard InChI is InChI=1S/C42H27NO/c1-3-17-32-28(12-1)14-10-22-33(32)29-15-9-16-31(26-29)43(38-23-11-25-41-42(38)37-21-7-8-24-40(37)44-41)39-27-30-13-2-4-18-34(30)35-19-5-6-20-36(35)39/h1-27H. The quantitative estimate of drug-likeness (QED) is 0.199. The third-order valence-electron chi connectivity index (χ3n) is 8.81. The predicted octanol–water partition coefficient (Wildman–Crippen LogP) is 12.2. The fraction of sp³-hybridized carbons (Fsp3) is 0. The van der Waals surface area contributed by atoms with E-state index < -0.39 is 0 Å². The Morgan fingerprint density at radius 3 is 1.91 bits per heavy atom. The van der Waals surface area contributed by atoms with Crippen LogP contribution in [0.2, 0.25) is 0 Å². The molecule has 0 aliphatic rings. The van der Waals surface area contributed by atoms with Gasteiger partial charge in [0.2, 0.25) is 0 Å². The van der Waals surface area contributed by atoms with E-state index in [1.165, 1.54) is 43.4 Å². The first-order valence-electron chi connectivity index (χ1n) is 15.0. The minimum Gasteiger partial charge on any atom is -0.456 e. The molecule has 0 spiro atoms. The van der Waals surface area contributed by atoms with E-state index in [1.54, 1.807) is 0 Å². The number of fused-ring (bicyclic) bond motifs is 7. The normalized spacial score (nSPS) is 11.6. The van der Waals surface area contributed by atoms with Gasteiger partial charge in [0.25, 0.3) is 0 Å². The van der Waals surface area contributed by atoms with Crippen LogP contribution in [0, 0.1) is 0 Å². The van der Waals surface area contributed by atoms with Crippen LogP contribution in [-0.4, -0.2) is 0 Å². The Morgan fingerprint density at radius 2 is 1.02 bits per heavy atom. The van der Waals surface area contributed by atoms with Crippen LogP contribution < -0.4 is 4.90 Å². The zero-order valence-electron chi connectivity index (χ0n) is 23.9. The Morgan fingerprint density at radius 1 is 0.386 bits per heavy atom. The molecule has 0 saturated carbocycles. The summed E-state index contributed by atoms with van der Waals surface area (Å²) in [6.45, 7) is 0. The van der Waals surface area contributed by atoms with Gasteiger partial charge in [-0.15, -0.1) is 0 Å². The Labute approximate surface area is 255 Å². The number of hydrogen-bond donors (Lipinski definition) is 0. The van der Waals surface area contributed by atoms with E-state index in [9.17, 15) is 0 Å². The number of rotatable bonds is 4. The van der Waals surface area contributed by atoms with Crippen LogP contribution in [0.25, 0.3) is 65.4 Å². The maximum absolute atomic E-state index is 6.39. The summed E-state index contributed by atoms with van der Waals surface area (Å²) in [4.78, 5) is 2.42. The van der Waals surface area contributed by atoms with Crippen molar-refractivity contribution in [3.8, 4) is 11.1 Å². The first kappa shape index (κ1) is 24.7. The minimum absolute atomic E-state index is 0.879. The molecule has 0 amide bonds. The molecule has 0 aliphatic heterocycles. The Balaban J connectivity index is 1.38. The highest BCUT2D eigenvalue weighted by Gasteiger charge is 2.22. The van der Waals surface area contributed by atoms with Gasteiger partial charge in [-0.2, -0.15) is 0 Å². The molecule has 0 atom stereocenters. The molecule has 2 heteroatoms. The molecule has 0 radical (unpaired) electrons. The van der Waals surface area contributed by atoms with Gasteiger partial charge in [0.1, 0.15) is 11.2 Å². The Bertz CT molecular complexity index is 2520. The lowest BCUT2D eigenvalue weighted by molar-refractivity contribution is 0.669. The first-order chi connectivity index (χ1) is 21.8. The molecule has 9 rings (SSSR count). The summed E-state index contributed by atoms with van der Waals surface area (Å²) in [6, 6.07) is 58.6. The lowest BCUT2D eigenvalue weighted by Gasteiger charge is -2.28. The summed E-state index contributed by atoms with van der Waals surface area (Å²) in [5, 5.41) is 9.60. The van der Waals surface area contributed by atoms with Crippen LogP contribution in [-0.2, 0) is 0 Å². The summed E-state index contributed by atoms with van der Waals surface area (Å²) in [5.74, 6) is 0. The highest BCUT2D eigenvalue weighted by Crippen LogP contribution is 2.47. The van der Waals surface area contributed by atoms with Crippen molar-refractivity contribution < 1.29 is 4.42 Å². The van der Waals surface area contributed by atoms with Gasteiger partial charge in [0.15, 0.2) is 0 Å². The maximum atomic E-state index is 6.39. The summed E-state index contributed by atoms with van der Waals surface area (Å²) >= 11 is 0. The monoisotopic (exact) mass is 561 g/mol. The van der Waals surface area contributed by atoms with E-state index >= 15 is 0 Å². The largest absolute Gasteiger partial charge is 0.456 e. The molecule has 2 nitrogen and oxygen atoms in total. The summed E-state index contributed by atoms with van der Waals surface area (Å²) in [6.07, 6.45) is 0. The van der Waals surface area contributed by atoms with Gasteiger partial charge in [0, 0.05) is 16.5 Å². The average Bonchev–Trinajstić information content (AvgIpc) is 3.48. The van der Waals surface area contributed by atoms with E-state index in [1.807, 2.05) is 6.07 Å². The first-order valence-corrected chi connectivity index (χ1v) is 15.0. The van der Waals surface area contributed by atoms with E-state index in [0.717, 1.165) is 39.0 Å². The van der Waals surface area contributed by atoms with Gasteiger partial charge < -0.3 is 9.32 Å². The summed E-state index contributed by atoms with van der Waals surface area (Å²) in [7, 11) is 0. The van der Waals surface area contributed by atoms with Gasteiger partial charge in [0.05, 0.1) is 16.8 Å². The second kappa shape index (κ2) is 9.86. The summed E-state index contributed by atoms with van der Waals surface area (Å²) in [5.41, 5.74) is 7.48. The number of anilines is 3. The predicted molar refractivity (Wildman–Crippen MR) is 186 cm³/mol. The average molecular weight is 562 g/mol. The van der Waals surface area contributed by atoms with E-state index in [2.05, 4.69) is 163 Å². The molecular weight excluding hydrogens is 534 g/mol. The fourth-order valence-electron chi connectivity index (χ4n) is 6.86. The zero-order chi connectivity index (χ0) is 29.0. The third-order valence-corrected chi connectivity index (χ3v) is 8.81. The van der Waals surface area contributed by atoms with Crippen molar-refractivity contribution in [2.45, 2.75) is 0 Å². The topological polar surface area (TPSA) is 16.4 Å². The number of nitrogens with zero attached hydrogens (tertiary/aromatic N) is 1. The molecule has 1 heterocycles. The number of hydrogen-bond acceptors (Lipinski definition) is 2. The van der Waals surface area contributed by atoms with Crippen molar-refractivity contribution in [1.82, 2.24) is 0 Å². The van der Waals surface area contributed by atoms with Gasteiger partial charge in [-0.05, 0) is 74.5 Å². The third kappa shape index (κ3) is 3.82. The molecule has 44 heavy (non-hydrogen) atoms. The summed E-state index contributed by atoms with van der Waals surface area (Å²) < 4.78 is 6.39. The number of benzene rings is 8. The molecule has 0 fully saturated rings. The fourth-order valence-corrected chi connectivity index (χ4v) is 6.86. The van der Waals surface area contributed by atoms with Gasteiger partial charge in [-0.3, -0.25) is 0 Å². The van der Waals surface area contributed by atoms with Crippen molar-refractivity contribution in [2.24, 2.45) is 0 Å².